The maximum absolute atomic E-state index is 12.5. The summed E-state index contributed by atoms with van der Waals surface area (Å²) in [6, 6.07) is 0.664. The minimum atomic E-state index is 0.347. The smallest absolute Gasteiger partial charge is 0.222 e. The van der Waals surface area contributed by atoms with Gasteiger partial charge in [-0.05, 0) is 71.6 Å². The zero-order valence-electron chi connectivity index (χ0n) is 18.4. The van der Waals surface area contributed by atoms with Crippen LogP contribution in [0.5, 0.6) is 0 Å². The van der Waals surface area contributed by atoms with E-state index in [0.717, 1.165) is 44.9 Å². The van der Waals surface area contributed by atoms with E-state index in [4.69, 9.17) is 4.74 Å². The summed E-state index contributed by atoms with van der Waals surface area (Å²) in [6.07, 6.45) is 12.7. The number of piperazine rings is 1. The molecule has 4 nitrogen and oxygen atoms in total. The third-order valence-corrected chi connectivity index (χ3v) is 6.53. The van der Waals surface area contributed by atoms with E-state index in [0.29, 0.717) is 24.2 Å². The molecule has 2 aliphatic rings. The van der Waals surface area contributed by atoms with Gasteiger partial charge in [-0.15, -0.1) is 0 Å². The molecule has 0 radical (unpaired) electrons. The Morgan fingerprint density at radius 1 is 1.00 bits per heavy atom. The number of carbonyl (C=O) groups is 1. The van der Waals surface area contributed by atoms with Gasteiger partial charge < -0.3 is 9.64 Å². The van der Waals surface area contributed by atoms with Crippen LogP contribution in [0.15, 0.2) is 0 Å². The monoisotopic (exact) mass is 380 g/mol. The standard InChI is InChI=1S/C23H44N2O2/c1-5-6-8-20(4)24-15-17-25(18-16-24)23(26)10-7-9-21-11-13-22(14-12-21)27-19(2)3/h19-22H,5-18H2,1-4H3/t20?,21-,22-. The first kappa shape index (κ1) is 22.7. The minimum Gasteiger partial charge on any atom is -0.376 e. The zero-order valence-corrected chi connectivity index (χ0v) is 18.4. The first-order chi connectivity index (χ1) is 13.0. The van der Waals surface area contributed by atoms with Crippen molar-refractivity contribution in [3.63, 3.8) is 0 Å². The molecule has 2 rings (SSSR count). The van der Waals surface area contributed by atoms with Gasteiger partial charge in [0.05, 0.1) is 12.2 Å². The van der Waals surface area contributed by atoms with Gasteiger partial charge in [0, 0.05) is 38.6 Å². The average Bonchev–Trinajstić information content (AvgIpc) is 2.67. The van der Waals surface area contributed by atoms with Crippen molar-refractivity contribution in [2.75, 3.05) is 26.2 Å². The molecule has 1 aliphatic carbocycles. The number of hydrogen-bond acceptors (Lipinski definition) is 3. The molecule has 1 aliphatic heterocycles. The van der Waals surface area contributed by atoms with Gasteiger partial charge in [-0.3, -0.25) is 9.69 Å². The Morgan fingerprint density at radius 2 is 1.67 bits per heavy atom. The van der Waals surface area contributed by atoms with E-state index < -0.39 is 0 Å². The molecule has 1 saturated heterocycles. The Balaban J connectivity index is 1.57. The molecular weight excluding hydrogens is 336 g/mol. The lowest BCUT2D eigenvalue weighted by Crippen LogP contribution is -2.51. The quantitative estimate of drug-likeness (QED) is 0.542. The van der Waals surface area contributed by atoms with Crippen molar-refractivity contribution in [3.05, 3.63) is 0 Å². The number of carbonyl (C=O) groups excluding carboxylic acids is 1. The summed E-state index contributed by atoms with van der Waals surface area (Å²) in [5.41, 5.74) is 0. The van der Waals surface area contributed by atoms with Gasteiger partial charge in [-0.25, -0.2) is 0 Å². The van der Waals surface area contributed by atoms with Crippen LogP contribution in [0.3, 0.4) is 0 Å². The second-order valence-corrected chi connectivity index (χ2v) is 9.13. The van der Waals surface area contributed by atoms with E-state index in [1.54, 1.807) is 0 Å². The molecule has 1 heterocycles. The normalized spacial score (nSPS) is 25.7. The summed E-state index contributed by atoms with van der Waals surface area (Å²) < 4.78 is 5.94. The van der Waals surface area contributed by atoms with E-state index in [2.05, 4.69) is 37.5 Å². The second-order valence-electron chi connectivity index (χ2n) is 9.13. The predicted molar refractivity (Wildman–Crippen MR) is 113 cm³/mol. The number of amides is 1. The van der Waals surface area contributed by atoms with Crippen LogP contribution in [0.1, 0.15) is 91.9 Å². The molecule has 0 spiro atoms. The highest BCUT2D eigenvalue weighted by molar-refractivity contribution is 5.76. The molecule has 1 atom stereocenters. The molecule has 0 aromatic heterocycles. The van der Waals surface area contributed by atoms with Crippen molar-refractivity contribution < 1.29 is 9.53 Å². The van der Waals surface area contributed by atoms with Gasteiger partial charge in [0.25, 0.3) is 0 Å². The van der Waals surface area contributed by atoms with E-state index >= 15 is 0 Å². The summed E-state index contributed by atoms with van der Waals surface area (Å²) in [5, 5.41) is 0. The maximum Gasteiger partial charge on any atom is 0.222 e. The lowest BCUT2D eigenvalue weighted by molar-refractivity contribution is -0.133. The third-order valence-electron chi connectivity index (χ3n) is 6.53. The number of nitrogens with zero attached hydrogens (tertiary/aromatic N) is 2. The van der Waals surface area contributed by atoms with Gasteiger partial charge >= 0.3 is 0 Å². The van der Waals surface area contributed by atoms with Crippen molar-refractivity contribution in [1.82, 2.24) is 9.80 Å². The van der Waals surface area contributed by atoms with Gasteiger partial charge in [-0.1, -0.05) is 19.8 Å². The van der Waals surface area contributed by atoms with Crippen molar-refractivity contribution in [2.24, 2.45) is 5.92 Å². The molecule has 27 heavy (non-hydrogen) atoms. The Labute approximate surface area is 168 Å². The van der Waals surface area contributed by atoms with Gasteiger partial charge in [0.2, 0.25) is 5.91 Å². The van der Waals surface area contributed by atoms with Crippen molar-refractivity contribution in [2.45, 2.75) is 110 Å². The molecule has 1 saturated carbocycles. The summed E-state index contributed by atoms with van der Waals surface area (Å²) in [5.74, 6) is 1.19. The zero-order chi connectivity index (χ0) is 19.6. The summed E-state index contributed by atoms with van der Waals surface area (Å²) in [6.45, 7) is 12.8. The SMILES string of the molecule is CCCCC(C)N1CCN(C(=O)CCC[C@H]2CC[C@H](OC(C)C)CC2)CC1. The summed E-state index contributed by atoms with van der Waals surface area (Å²) in [4.78, 5) is 17.2. The Kier molecular flexibility index (Phi) is 10.1. The third kappa shape index (κ3) is 8.11. The van der Waals surface area contributed by atoms with Crippen LogP contribution in [-0.4, -0.2) is 60.1 Å². The van der Waals surface area contributed by atoms with E-state index in [-0.39, 0.29) is 0 Å². The number of hydrogen-bond donors (Lipinski definition) is 0. The molecule has 0 aromatic rings. The average molecular weight is 381 g/mol. The van der Waals surface area contributed by atoms with Crippen LogP contribution in [0.2, 0.25) is 0 Å². The number of rotatable bonds is 10. The van der Waals surface area contributed by atoms with E-state index in [9.17, 15) is 4.79 Å². The van der Waals surface area contributed by atoms with Crippen LogP contribution in [0.25, 0.3) is 0 Å². The number of unbranched alkanes of at least 4 members (excludes halogenated alkanes) is 1. The summed E-state index contributed by atoms with van der Waals surface area (Å²) in [7, 11) is 0. The van der Waals surface area contributed by atoms with Crippen LogP contribution in [0, 0.1) is 5.92 Å². The Hall–Kier alpha value is -0.610. The molecule has 0 aromatic carbocycles. The van der Waals surface area contributed by atoms with Gasteiger partial charge in [0.15, 0.2) is 0 Å². The van der Waals surface area contributed by atoms with Crippen LogP contribution in [0.4, 0.5) is 0 Å². The van der Waals surface area contributed by atoms with Crippen LogP contribution < -0.4 is 0 Å². The highest BCUT2D eigenvalue weighted by Crippen LogP contribution is 2.30. The largest absolute Gasteiger partial charge is 0.376 e. The van der Waals surface area contributed by atoms with Crippen molar-refractivity contribution in [1.29, 1.82) is 0 Å². The highest BCUT2D eigenvalue weighted by Gasteiger charge is 2.25. The first-order valence-electron chi connectivity index (χ1n) is 11.7. The molecule has 2 fully saturated rings. The predicted octanol–water partition coefficient (Wildman–Crippen LogP) is 4.86. The molecule has 4 heteroatoms. The van der Waals surface area contributed by atoms with Crippen molar-refractivity contribution in [3.8, 4) is 0 Å². The minimum absolute atomic E-state index is 0.347. The maximum atomic E-state index is 12.5. The van der Waals surface area contributed by atoms with E-state index in [1.165, 1.54) is 51.4 Å². The van der Waals surface area contributed by atoms with Crippen LogP contribution >= 0.6 is 0 Å². The van der Waals surface area contributed by atoms with Gasteiger partial charge in [0.1, 0.15) is 0 Å². The lowest BCUT2D eigenvalue weighted by Gasteiger charge is -2.38. The molecular formula is C23H44N2O2. The first-order valence-corrected chi connectivity index (χ1v) is 11.7. The summed E-state index contributed by atoms with van der Waals surface area (Å²) >= 11 is 0. The molecule has 0 N–H and O–H groups in total. The molecule has 0 bridgehead atoms. The lowest BCUT2D eigenvalue weighted by atomic mass is 9.84. The second kappa shape index (κ2) is 12.1. The Bertz CT molecular complexity index is 411. The Morgan fingerprint density at radius 3 is 2.26 bits per heavy atom. The highest BCUT2D eigenvalue weighted by atomic mass is 16.5. The molecule has 1 amide bonds. The molecule has 1 unspecified atom stereocenters. The van der Waals surface area contributed by atoms with E-state index in [1.807, 2.05) is 0 Å². The topological polar surface area (TPSA) is 32.8 Å². The fourth-order valence-corrected chi connectivity index (χ4v) is 4.74. The fourth-order valence-electron chi connectivity index (χ4n) is 4.74. The number of ether oxygens (including phenoxy) is 1. The van der Waals surface area contributed by atoms with Crippen molar-refractivity contribution >= 4 is 5.91 Å². The fraction of sp³-hybridized carbons (Fsp3) is 0.957. The van der Waals surface area contributed by atoms with Crippen LogP contribution in [-0.2, 0) is 9.53 Å². The van der Waals surface area contributed by atoms with Gasteiger partial charge in [-0.2, -0.15) is 0 Å². The molecule has 158 valence electrons.